The van der Waals surface area contributed by atoms with E-state index in [4.69, 9.17) is 18.0 Å². The van der Waals surface area contributed by atoms with Crippen LogP contribution in [0.4, 0.5) is 5.69 Å². The second kappa shape index (κ2) is 4.93. The summed E-state index contributed by atoms with van der Waals surface area (Å²) in [6, 6.07) is 13.7. The molecule has 0 heterocycles. The number of rotatable bonds is 3. The Labute approximate surface area is 109 Å². The first-order chi connectivity index (χ1) is 8.59. The molecule has 0 spiro atoms. The van der Waals surface area contributed by atoms with Gasteiger partial charge in [0.15, 0.2) is 0 Å². The molecule has 2 rings (SSSR count). The summed E-state index contributed by atoms with van der Waals surface area (Å²) in [5.74, 6) is 0. The van der Waals surface area contributed by atoms with Crippen molar-refractivity contribution in [2.75, 3.05) is 0 Å². The zero-order valence-electron chi connectivity index (χ0n) is 9.37. The van der Waals surface area contributed by atoms with Crippen molar-refractivity contribution in [1.29, 1.82) is 0 Å². The van der Waals surface area contributed by atoms with Crippen molar-refractivity contribution in [3.05, 3.63) is 64.2 Å². The minimum Gasteiger partial charge on any atom is -0.389 e. The second-order valence-corrected chi connectivity index (χ2v) is 4.15. The van der Waals surface area contributed by atoms with Gasteiger partial charge in [-0.05, 0) is 23.3 Å². The molecule has 0 amide bonds. The Morgan fingerprint density at radius 3 is 2.28 bits per heavy atom. The highest BCUT2D eigenvalue weighted by Crippen LogP contribution is 2.25. The highest BCUT2D eigenvalue weighted by atomic mass is 32.1. The molecule has 5 heteroatoms. The van der Waals surface area contributed by atoms with Crippen LogP contribution < -0.4 is 5.73 Å². The van der Waals surface area contributed by atoms with Crippen LogP contribution in [0.5, 0.6) is 0 Å². The molecule has 0 atom stereocenters. The van der Waals surface area contributed by atoms with Crippen LogP contribution in [0.3, 0.4) is 0 Å². The standard InChI is InChI=1S/C13H10N2O2S/c14-13(18)12-4-2-1-3-11(12)9-5-7-10(8-6-9)15(16)17/h1-8H,(H2,14,18). The fourth-order valence-corrected chi connectivity index (χ4v) is 1.89. The normalized spacial score (nSPS) is 10.0. The van der Waals surface area contributed by atoms with Crippen molar-refractivity contribution < 1.29 is 4.92 Å². The lowest BCUT2D eigenvalue weighted by molar-refractivity contribution is -0.384. The van der Waals surface area contributed by atoms with Gasteiger partial charge in [-0.3, -0.25) is 10.1 Å². The molecule has 0 saturated carbocycles. The first kappa shape index (κ1) is 12.2. The van der Waals surface area contributed by atoms with E-state index in [9.17, 15) is 10.1 Å². The van der Waals surface area contributed by atoms with Crippen molar-refractivity contribution in [3.8, 4) is 11.1 Å². The highest BCUT2D eigenvalue weighted by Gasteiger charge is 2.09. The van der Waals surface area contributed by atoms with E-state index in [-0.39, 0.29) is 5.69 Å². The van der Waals surface area contributed by atoms with Crippen LogP contribution in [0, 0.1) is 10.1 Å². The third-order valence-corrected chi connectivity index (χ3v) is 2.80. The Morgan fingerprint density at radius 1 is 1.11 bits per heavy atom. The van der Waals surface area contributed by atoms with E-state index >= 15 is 0 Å². The molecule has 0 aromatic heterocycles. The van der Waals surface area contributed by atoms with Crippen molar-refractivity contribution in [2.45, 2.75) is 0 Å². The summed E-state index contributed by atoms with van der Waals surface area (Å²) in [7, 11) is 0. The first-order valence-corrected chi connectivity index (χ1v) is 5.64. The van der Waals surface area contributed by atoms with Gasteiger partial charge in [0.05, 0.1) is 4.92 Å². The molecule has 2 N–H and O–H groups in total. The van der Waals surface area contributed by atoms with Crippen LogP contribution >= 0.6 is 12.2 Å². The van der Waals surface area contributed by atoms with Gasteiger partial charge in [-0.15, -0.1) is 0 Å². The van der Waals surface area contributed by atoms with Gasteiger partial charge in [0.2, 0.25) is 0 Å². The Bertz CT molecular complexity index is 609. The fourth-order valence-electron chi connectivity index (χ4n) is 1.71. The number of benzene rings is 2. The number of hydrogen-bond donors (Lipinski definition) is 1. The summed E-state index contributed by atoms with van der Waals surface area (Å²) in [6.07, 6.45) is 0. The largest absolute Gasteiger partial charge is 0.389 e. The maximum Gasteiger partial charge on any atom is 0.269 e. The zero-order chi connectivity index (χ0) is 13.1. The second-order valence-electron chi connectivity index (χ2n) is 3.71. The summed E-state index contributed by atoms with van der Waals surface area (Å²) in [5.41, 5.74) is 8.21. The summed E-state index contributed by atoms with van der Waals surface area (Å²) in [6.45, 7) is 0. The summed E-state index contributed by atoms with van der Waals surface area (Å²) in [4.78, 5) is 10.5. The van der Waals surface area contributed by atoms with Crippen LogP contribution in [0.2, 0.25) is 0 Å². The highest BCUT2D eigenvalue weighted by molar-refractivity contribution is 7.80. The van der Waals surface area contributed by atoms with Crippen LogP contribution in [0.15, 0.2) is 48.5 Å². The van der Waals surface area contributed by atoms with Crippen molar-refractivity contribution >= 4 is 22.9 Å². The number of thiocarbonyl (C=S) groups is 1. The third-order valence-electron chi connectivity index (χ3n) is 2.58. The lowest BCUT2D eigenvalue weighted by Crippen LogP contribution is -2.10. The van der Waals surface area contributed by atoms with E-state index in [1.54, 1.807) is 12.1 Å². The number of nitrogens with two attached hydrogens (primary N) is 1. The molecule has 0 aliphatic carbocycles. The van der Waals surface area contributed by atoms with E-state index in [0.29, 0.717) is 4.99 Å². The monoisotopic (exact) mass is 258 g/mol. The van der Waals surface area contributed by atoms with Crippen LogP contribution in [-0.2, 0) is 0 Å². The predicted molar refractivity (Wildman–Crippen MR) is 74.4 cm³/mol. The molecular formula is C13H10N2O2S. The molecule has 0 bridgehead atoms. The summed E-state index contributed by atoms with van der Waals surface area (Å²) < 4.78 is 0. The van der Waals surface area contributed by atoms with E-state index in [0.717, 1.165) is 16.7 Å². The molecule has 4 nitrogen and oxygen atoms in total. The van der Waals surface area contributed by atoms with Gasteiger partial charge in [-0.1, -0.05) is 36.5 Å². The lowest BCUT2D eigenvalue weighted by atomic mass is 9.99. The lowest BCUT2D eigenvalue weighted by Gasteiger charge is -2.07. The smallest absolute Gasteiger partial charge is 0.269 e. The van der Waals surface area contributed by atoms with Crippen molar-refractivity contribution in [3.63, 3.8) is 0 Å². The van der Waals surface area contributed by atoms with E-state index in [2.05, 4.69) is 0 Å². The topological polar surface area (TPSA) is 69.2 Å². The fraction of sp³-hybridized carbons (Fsp3) is 0. The molecule has 0 aliphatic heterocycles. The Balaban J connectivity index is 2.49. The molecule has 0 fully saturated rings. The molecule has 2 aromatic carbocycles. The van der Waals surface area contributed by atoms with Gasteiger partial charge < -0.3 is 5.73 Å². The van der Waals surface area contributed by atoms with Crippen molar-refractivity contribution in [1.82, 2.24) is 0 Å². The molecule has 0 radical (unpaired) electrons. The van der Waals surface area contributed by atoms with Gasteiger partial charge >= 0.3 is 0 Å². The number of hydrogen-bond acceptors (Lipinski definition) is 3. The Kier molecular flexibility index (Phi) is 3.34. The maximum atomic E-state index is 10.6. The predicted octanol–water partition coefficient (Wildman–Crippen LogP) is 2.90. The quantitative estimate of drug-likeness (QED) is 0.522. The third kappa shape index (κ3) is 2.36. The van der Waals surface area contributed by atoms with Gasteiger partial charge in [0, 0.05) is 17.7 Å². The number of nitro groups is 1. The van der Waals surface area contributed by atoms with E-state index in [1.165, 1.54) is 12.1 Å². The van der Waals surface area contributed by atoms with Gasteiger partial charge in [-0.2, -0.15) is 0 Å². The van der Waals surface area contributed by atoms with E-state index in [1.807, 2.05) is 24.3 Å². The van der Waals surface area contributed by atoms with Crippen LogP contribution in [0.1, 0.15) is 5.56 Å². The minimum atomic E-state index is -0.427. The number of nitro benzene ring substituents is 1. The summed E-state index contributed by atoms with van der Waals surface area (Å²) >= 11 is 4.99. The van der Waals surface area contributed by atoms with E-state index < -0.39 is 4.92 Å². The van der Waals surface area contributed by atoms with Gasteiger partial charge in [-0.25, -0.2) is 0 Å². The van der Waals surface area contributed by atoms with Crippen molar-refractivity contribution in [2.24, 2.45) is 5.73 Å². The molecule has 0 unspecified atom stereocenters. The molecule has 18 heavy (non-hydrogen) atoms. The van der Waals surface area contributed by atoms with Crippen LogP contribution in [-0.4, -0.2) is 9.91 Å². The Morgan fingerprint density at radius 2 is 1.72 bits per heavy atom. The maximum absolute atomic E-state index is 10.6. The molecule has 0 aliphatic rings. The zero-order valence-corrected chi connectivity index (χ0v) is 10.2. The Hall–Kier alpha value is -2.27. The number of nitrogens with zero attached hydrogens (tertiary/aromatic N) is 1. The van der Waals surface area contributed by atoms with Gasteiger partial charge in [0.1, 0.15) is 4.99 Å². The average Bonchev–Trinajstić information content (AvgIpc) is 2.39. The molecular weight excluding hydrogens is 248 g/mol. The summed E-state index contributed by atoms with van der Waals surface area (Å²) in [5, 5.41) is 10.6. The SMILES string of the molecule is NC(=S)c1ccccc1-c1ccc([N+](=O)[O-])cc1. The van der Waals surface area contributed by atoms with Gasteiger partial charge in [0.25, 0.3) is 5.69 Å². The van der Waals surface area contributed by atoms with Crippen LogP contribution in [0.25, 0.3) is 11.1 Å². The molecule has 90 valence electrons. The average molecular weight is 258 g/mol. The first-order valence-electron chi connectivity index (χ1n) is 5.23. The number of non-ortho nitro benzene ring substituents is 1. The minimum absolute atomic E-state index is 0.0616. The molecule has 2 aromatic rings. The molecule has 0 saturated heterocycles.